The normalized spacial score (nSPS) is 12.3. The second-order valence-corrected chi connectivity index (χ2v) is 6.09. The number of rotatable bonds is 1. The Hall–Kier alpha value is -0.610. The first-order chi connectivity index (χ1) is 7.43. The average molecular weight is 252 g/mol. The SMILES string of the molecule is Cn1c(SS)nc2cc(C(C)(C)C)ccc21. The van der Waals surface area contributed by atoms with Crippen molar-refractivity contribution in [2.75, 3.05) is 0 Å². The van der Waals surface area contributed by atoms with Gasteiger partial charge < -0.3 is 4.57 Å². The zero-order valence-electron chi connectivity index (χ0n) is 9.98. The molecular weight excluding hydrogens is 236 g/mol. The Kier molecular flexibility index (Phi) is 2.97. The molecule has 0 spiro atoms. The van der Waals surface area contributed by atoms with Crippen molar-refractivity contribution >= 4 is 33.5 Å². The Labute approximate surface area is 105 Å². The standard InChI is InChI=1S/C12H16N2S2/c1-12(2,3)8-5-6-10-9(7-8)13-11(16-15)14(10)4/h5-7,15H,1-4H3. The van der Waals surface area contributed by atoms with E-state index in [0.29, 0.717) is 0 Å². The van der Waals surface area contributed by atoms with Crippen LogP contribution >= 0.6 is 22.5 Å². The molecule has 0 N–H and O–H groups in total. The number of fused-ring (bicyclic) bond motifs is 1. The summed E-state index contributed by atoms with van der Waals surface area (Å²) in [6, 6.07) is 6.48. The van der Waals surface area contributed by atoms with E-state index in [0.717, 1.165) is 16.2 Å². The number of aromatic nitrogens is 2. The van der Waals surface area contributed by atoms with Crippen LogP contribution in [0, 0.1) is 0 Å². The van der Waals surface area contributed by atoms with Gasteiger partial charge in [-0.25, -0.2) is 4.98 Å². The predicted molar refractivity (Wildman–Crippen MR) is 74.3 cm³/mol. The third-order valence-corrected chi connectivity index (χ3v) is 3.81. The molecule has 2 nitrogen and oxygen atoms in total. The molecule has 0 saturated carbocycles. The minimum absolute atomic E-state index is 0.167. The maximum atomic E-state index is 4.55. The Bertz CT molecular complexity index is 524. The maximum absolute atomic E-state index is 4.55. The molecule has 0 fully saturated rings. The lowest BCUT2D eigenvalue weighted by molar-refractivity contribution is 0.591. The monoisotopic (exact) mass is 252 g/mol. The summed E-state index contributed by atoms with van der Waals surface area (Å²) in [6.07, 6.45) is 0. The number of nitrogens with zero attached hydrogens (tertiary/aromatic N) is 2. The van der Waals surface area contributed by atoms with Crippen LogP contribution in [-0.4, -0.2) is 9.55 Å². The van der Waals surface area contributed by atoms with Crippen LogP contribution in [0.3, 0.4) is 0 Å². The Morgan fingerprint density at radius 3 is 2.56 bits per heavy atom. The highest BCUT2D eigenvalue weighted by Gasteiger charge is 2.15. The summed E-state index contributed by atoms with van der Waals surface area (Å²) in [7, 11) is 3.40. The molecule has 0 saturated heterocycles. The summed E-state index contributed by atoms with van der Waals surface area (Å²) in [6.45, 7) is 6.64. The highest BCUT2D eigenvalue weighted by atomic mass is 33.1. The first-order valence-corrected chi connectivity index (χ1v) is 7.09. The average Bonchev–Trinajstić information content (AvgIpc) is 2.54. The van der Waals surface area contributed by atoms with Gasteiger partial charge in [0.05, 0.1) is 11.0 Å². The van der Waals surface area contributed by atoms with Gasteiger partial charge in [0.25, 0.3) is 0 Å². The predicted octanol–water partition coefficient (Wildman–Crippen LogP) is 3.81. The van der Waals surface area contributed by atoms with Crippen LogP contribution in [0.25, 0.3) is 11.0 Å². The first kappa shape index (κ1) is 11.9. The molecule has 86 valence electrons. The lowest BCUT2D eigenvalue weighted by Gasteiger charge is -2.18. The van der Waals surface area contributed by atoms with E-state index in [9.17, 15) is 0 Å². The van der Waals surface area contributed by atoms with Crippen molar-refractivity contribution in [3.63, 3.8) is 0 Å². The topological polar surface area (TPSA) is 17.8 Å². The first-order valence-electron chi connectivity index (χ1n) is 5.22. The molecule has 0 aliphatic rings. The van der Waals surface area contributed by atoms with E-state index in [1.807, 2.05) is 7.05 Å². The maximum Gasteiger partial charge on any atom is 0.179 e. The van der Waals surface area contributed by atoms with Gasteiger partial charge in [-0.1, -0.05) is 26.8 Å². The van der Waals surface area contributed by atoms with E-state index in [-0.39, 0.29) is 5.41 Å². The fourth-order valence-corrected chi connectivity index (χ4v) is 2.58. The van der Waals surface area contributed by atoms with Crippen molar-refractivity contribution in [1.82, 2.24) is 9.55 Å². The lowest BCUT2D eigenvalue weighted by Crippen LogP contribution is -2.10. The van der Waals surface area contributed by atoms with Gasteiger partial charge in [0.15, 0.2) is 5.16 Å². The third-order valence-electron chi connectivity index (χ3n) is 2.79. The molecule has 4 heteroatoms. The number of imidazole rings is 1. The number of aryl methyl sites for hydroxylation is 1. The van der Waals surface area contributed by atoms with E-state index >= 15 is 0 Å². The van der Waals surface area contributed by atoms with Gasteiger partial charge in [-0.15, -0.1) is 11.7 Å². The molecule has 16 heavy (non-hydrogen) atoms. The molecule has 1 aromatic heterocycles. The Balaban J connectivity index is 2.64. The van der Waals surface area contributed by atoms with E-state index in [4.69, 9.17) is 0 Å². The molecule has 0 bridgehead atoms. The van der Waals surface area contributed by atoms with Crippen LogP contribution < -0.4 is 0 Å². The summed E-state index contributed by atoms with van der Waals surface area (Å²) in [5, 5.41) is 0.935. The van der Waals surface area contributed by atoms with Gasteiger partial charge >= 0.3 is 0 Å². The van der Waals surface area contributed by atoms with Crippen LogP contribution in [0.1, 0.15) is 26.3 Å². The van der Waals surface area contributed by atoms with Gasteiger partial charge in [0.1, 0.15) is 0 Å². The minimum Gasteiger partial charge on any atom is -0.321 e. The van der Waals surface area contributed by atoms with E-state index in [2.05, 4.69) is 60.2 Å². The smallest absolute Gasteiger partial charge is 0.179 e. The van der Waals surface area contributed by atoms with Gasteiger partial charge in [-0.3, -0.25) is 0 Å². The van der Waals surface area contributed by atoms with Gasteiger partial charge in [0.2, 0.25) is 0 Å². The molecule has 1 heterocycles. The van der Waals surface area contributed by atoms with Crippen molar-refractivity contribution in [3.05, 3.63) is 23.8 Å². The minimum atomic E-state index is 0.167. The van der Waals surface area contributed by atoms with E-state index < -0.39 is 0 Å². The van der Waals surface area contributed by atoms with Crippen molar-refractivity contribution in [1.29, 1.82) is 0 Å². The Morgan fingerprint density at radius 2 is 2.00 bits per heavy atom. The molecule has 1 aromatic carbocycles. The Morgan fingerprint density at radius 1 is 1.31 bits per heavy atom. The summed E-state index contributed by atoms with van der Waals surface area (Å²) in [5.74, 6) is 0. The highest BCUT2D eigenvalue weighted by Crippen LogP contribution is 2.29. The zero-order chi connectivity index (χ0) is 11.9. The van der Waals surface area contributed by atoms with Crippen LogP contribution in [0.2, 0.25) is 0 Å². The van der Waals surface area contributed by atoms with Gasteiger partial charge in [-0.05, 0) is 33.9 Å². The number of benzene rings is 1. The highest BCUT2D eigenvalue weighted by molar-refractivity contribution is 8.68. The van der Waals surface area contributed by atoms with Crippen molar-refractivity contribution in [2.45, 2.75) is 31.3 Å². The molecule has 0 radical (unpaired) electrons. The van der Waals surface area contributed by atoms with Gasteiger partial charge in [-0.2, -0.15) is 0 Å². The second kappa shape index (κ2) is 4.00. The lowest BCUT2D eigenvalue weighted by atomic mass is 9.87. The summed E-state index contributed by atoms with van der Waals surface area (Å²) in [4.78, 5) is 4.55. The molecule has 0 amide bonds. The summed E-state index contributed by atoms with van der Waals surface area (Å²) in [5.41, 5.74) is 3.69. The molecule has 0 aliphatic carbocycles. The number of hydrogen-bond acceptors (Lipinski definition) is 3. The molecule has 2 aromatic rings. The van der Waals surface area contributed by atoms with Crippen LogP contribution in [0.4, 0.5) is 0 Å². The number of thiol groups is 1. The number of hydrogen-bond donors (Lipinski definition) is 1. The fourth-order valence-electron chi connectivity index (χ4n) is 1.73. The van der Waals surface area contributed by atoms with Crippen molar-refractivity contribution in [3.8, 4) is 0 Å². The third kappa shape index (κ3) is 1.96. The molecule has 0 atom stereocenters. The quantitative estimate of drug-likeness (QED) is 0.614. The second-order valence-electron chi connectivity index (χ2n) is 5.00. The van der Waals surface area contributed by atoms with E-state index in [1.165, 1.54) is 16.4 Å². The van der Waals surface area contributed by atoms with Crippen molar-refractivity contribution < 1.29 is 0 Å². The van der Waals surface area contributed by atoms with Gasteiger partial charge in [0, 0.05) is 7.05 Å². The van der Waals surface area contributed by atoms with Crippen LogP contribution in [-0.2, 0) is 12.5 Å². The van der Waals surface area contributed by atoms with E-state index in [1.54, 1.807) is 0 Å². The molecule has 0 aliphatic heterocycles. The van der Waals surface area contributed by atoms with Crippen molar-refractivity contribution in [2.24, 2.45) is 7.05 Å². The molecule has 2 rings (SSSR count). The zero-order valence-corrected chi connectivity index (χ0v) is 11.7. The summed E-state index contributed by atoms with van der Waals surface area (Å²) >= 11 is 4.21. The summed E-state index contributed by atoms with van der Waals surface area (Å²) < 4.78 is 2.07. The van der Waals surface area contributed by atoms with Crippen LogP contribution in [0.15, 0.2) is 23.4 Å². The molecular formula is C12H16N2S2. The largest absolute Gasteiger partial charge is 0.321 e. The van der Waals surface area contributed by atoms with Crippen LogP contribution in [0.5, 0.6) is 0 Å². The molecule has 0 unspecified atom stereocenters. The fraction of sp³-hybridized carbons (Fsp3) is 0.417.